The third kappa shape index (κ3) is 6.55. The number of aromatic nitrogens is 4. The van der Waals surface area contributed by atoms with Crippen LogP contribution >= 0.6 is 0 Å². The van der Waals surface area contributed by atoms with E-state index < -0.39 is 35.2 Å². The zero-order valence-corrected chi connectivity index (χ0v) is 23.6. The first-order valence-corrected chi connectivity index (χ1v) is 13.5. The third-order valence-corrected chi connectivity index (χ3v) is 6.69. The number of likely N-dealkylation sites (tertiary alicyclic amines) is 1. The monoisotopic (exact) mass is 572 g/mol. The standard InChI is InChI=1S/C30H32N6O6/c1-29(2,3)41-26(37)24-17-30(32-18-21-11-6-4-7-12-21,20-35(24)28(39)40-19-22-13-8-5-9-14-22)27(38)42-36-25-23(33-34-36)15-10-16-31-25/h4-16,24,32H,17-20H2,1-3H3/t24-,30-/m0/s1. The van der Waals surface area contributed by atoms with E-state index in [9.17, 15) is 14.4 Å². The maximum absolute atomic E-state index is 14.0. The van der Waals surface area contributed by atoms with E-state index in [-0.39, 0.29) is 31.8 Å². The van der Waals surface area contributed by atoms with Crippen LogP contribution in [0.3, 0.4) is 0 Å². The largest absolute Gasteiger partial charge is 0.458 e. The van der Waals surface area contributed by atoms with Gasteiger partial charge in [0.05, 0.1) is 6.54 Å². The van der Waals surface area contributed by atoms with Gasteiger partial charge in [0.15, 0.2) is 0 Å². The van der Waals surface area contributed by atoms with Crippen LogP contribution in [0.5, 0.6) is 0 Å². The first kappa shape index (κ1) is 28.7. The minimum absolute atomic E-state index is 0.0112. The summed E-state index contributed by atoms with van der Waals surface area (Å²) in [6.07, 6.45) is 0.630. The van der Waals surface area contributed by atoms with Crippen molar-refractivity contribution < 1.29 is 28.7 Å². The Kier molecular flexibility index (Phi) is 8.16. The van der Waals surface area contributed by atoms with E-state index in [1.165, 1.54) is 11.1 Å². The number of rotatable bonds is 8. The lowest BCUT2D eigenvalue weighted by atomic mass is 9.95. The molecule has 42 heavy (non-hydrogen) atoms. The lowest BCUT2D eigenvalue weighted by Crippen LogP contribution is -2.57. The van der Waals surface area contributed by atoms with Crippen LogP contribution in [0.1, 0.15) is 38.3 Å². The lowest BCUT2D eigenvalue weighted by Gasteiger charge is -2.27. The number of ether oxygens (including phenoxy) is 2. The molecule has 2 aromatic heterocycles. The molecule has 1 aliphatic rings. The fraction of sp³-hybridized carbons (Fsp3) is 0.333. The molecule has 0 saturated carbocycles. The summed E-state index contributed by atoms with van der Waals surface area (Å²) in [6, 6.07) is 20.8. The molecule has 0 bridgehead atoms. The highest BCUT2D eigenvalue weighted by molar-refractivity contribution is 5.89. The molecule has 5 rings (SSSR count). The molecule has 218 valence electrons. The van der Waals surface area contributed by atoms with E-state index >= 15 is 0 Å². The number of pyridine rings is 1. The average molecular weight is 573 g/mol. The first-order valence-electron chi connectivity index (χ1n) is 13.5. The van der Waals surface area contributed by atoms with Crippen LogP contribution in [-0.2, 0) is 32.2 Å². The Hall–Kier alpha value is -4.84. The second kappa shape index (κ2) is 12.0. The number of carbonyl (C=O) groups excluding carboxylic acids is 3. The Labute approximate surface area is 242 Å². The van der Waals surface area contributed by atoms with Crippen molar-refractivity contribution in [3.05, 3.63) is 90.1 Å². The SMILES string of the molecule is CC(C)(C)OC(=O)[C@@H]1C[C@@](NCc2ccccc2)(C(=O)On2nnc3cccnc32)CN1C(=O)OCc1ccccc1. The molecule has 0 aliphatic carbocycles. The molecule has 0 radical (unpaired) electrons. The van der Waals surface area contributed by atoms with Crippen molar-refractivity contribution in [1.29, 1.82) is 0 Å². The fourth-order valence-corrected chi connectivity index (χ4v) is 4.67. The zero-order valence-electron chi connectivity index (χ0n) is 23.6. The van der Waals surface area contributed by atoms with Gasteiger partial charge in [-0.2, -0.15) is 0 Å². The van der Waals surface area contributed by atoms with Gasteiger partial charge in [0.25, 0.3) is 0 Å². The number of fused-ring (bicyclic) bond motifs is 1. The van der Waals surface area contributed by atoms with Crippen molar-refractivity contribution in [1.82, 2.24) is 30.4 Å². The first-order chi connectivity index (χ1) is 20.1. The maximum atomic E-state index is 14.0. The van der Waals surface area contributed by atoms with Crippen LogP contribution < -0.4 is 10.2 Å². The van der Waals surface area contributed by atoms with Crippen molar-refractivity contribution in [2.75, 3.05) is 6.54 Å². The highest BCUT2D eigenvalue weighted by atomic mass is 16.7. The molecule has 12 heteroatoms. The van der Waals surface area contributed by atoms with Crippen LogP contribution in [0.2, 0.25) is 0 Å². The number of hydrogen-bond acceptors (Lipinski definition) is 10. The van der Waals surface area contributed by atoms with E-state index in [0.29, 0.717) is 5.52 Å². The van der Waals surface area contributed by atoms with Crippen molar-refractivity contribution in [3.8, 4) is 0 Å². The number of nitrogens with one attached hydrogen (secondary N) is 1. The van der Waals surface area contributed by atoms with Gasteiger partial charge in [-0.25, -0.2) is 19.4 Å². The summed E-state index contributed by atoms with van der Waals surface area (Å²) < 4.78 is 11.2. The predicted molar refractivity (Wildman–Crippen MR) is 151 cm³/mol. The molecule has 0 unspecified atom stereocenters. The lowest BCUT2D eigenvalue weighted by molar-refractivity contribution is -0.160. The van der Waals surface area contributed by atoms with E-state index in [0.717, 1.165) is 16.0 Å². The molecule has 1 amide bonds. The summed E-state index contributed by atoms with van der Waals surface area (Å²) in [5, 5.41) is 11.2. The van der Waals surface area contributed by atoms with Gasteiger partial charge < -0.3 is 14.3 Å². The molecule has 3 heterocycles. The van der Waals surface area contributed by atoms with Crippen LogP contribution in [-0.4, -0.2) is 66.8 Å². The highest BCUT2D eigenvalue weighted by Gasteiger charge is 2.56. The van der Waals surface area contributed by atoms with Gasteiger partial charge in [0.1, 0.15) is 29.3 Å². The molecule has 2 atom stereocenters. The van der Waals surface area contributed by atoms with Crippen LogP contribution in [0.25, 0.3) is 11.2 Å². The van der Waals surface area contributed by atoms with Crippen LogP contribution in [0, 0.1) is 0 Å². The number of carbonyl (C=O) groups is 3. The predicted octanol–water partition coefficient (Wildman–Crippen LogP) is 3.06. The molecule has 1 N–H and O–H groups in total. The normalized spacial score (nSPS) is 18.5. The minimum Gasteiger partial charge on any atom is -0.458 e. The molecule has 0 spiro atoms. The summed E-state index contributed by atoms with van der Waals surface area (Å²) in [5.41, 5.74) is -0.0269. The average Bonchev–Trinajstić information content (AvgIpc) is 3.58. The smallest absolute Gasteiger partial charge is 0.410 e. The van der Waals surface area contributed by atoms with Gasteiger partial charge in [-0.3, -0.25) is 10.2 Å². The number of hydrogen-bond donors (Lipinski definition) is 1. The summed E-state index contributed by atoms with van der Waals surface area (Å²) in [7, 11) is 0. The van der Waals surface area contributed by atoms with E-state index in [1.807, 2.05) is 60.7 Å². The summed E-state index contributed by atoms with van der Waals surface area (Å²) in [4.78, 5) is 52.9. The minimum atomic E-state index is -1.53. The van der Waals surface area contributed by atoms with E-state index in [4.69, 9.17) is 14.3 Å². The molecule has 1 aliphatic heterocycles. The van der Waals surface area contributed by atoms with Crippen molar-refractivity contribution in [2.24, 2.45) is 0 Å². The van der Waals surface area contributed by atoms with Crippen molar-refractivity contribution in [3.63, 3.8) is 0 Å². The molecule has 2 aromatic carbocycles. The second-order valence-corrected chi connectivity index (χ2v) is 11.0. The number of amides is 1. The molecule has 4 aromatic rings. The topological polar surface area (TPSA) is 138 Å². The molecular weight excluding hydrogens is 540 g/mol. The zero-order chi connectivity index (χ0) is 29.7. The molecule has 12 nitrogen and oxygen atoms in total. The van der Waals surface area contributed by atoms with Gasteiger partial charge in [-0.05, 0) is 54.1 Å². The van der Waals surface area contributed by atoms with Gasteiger partial charge in [-0.15, -0.1) is 5.10 Å². The molecular formula is C30H32N6O6. The second-order valence-electron chi connectivity index (χ2n) is 11.0. The highest BCUT2D eigenvalue weighted by Crippen LogP contribution is 2.31. The van der Waals surface area contributed by atoms with Crippen molar-refractivity contribution in [2.45, 2.75) is 57.5 Å². The Morgan fingerprint density at radius 2 is 1.67 bits per heavy atom. The van der Waals surface area contributed by atoms with E-state index in [1.54, 1.807) is 32.9 Å². The molecule has 1 fully saturated rings. The number of nitrogens with zero attached hydrogens (tertiary/aromatic N) is 5. The number of benzene rings is 2. The Morgan fingerprint density at radius 3 is 2.36 bits per heavy atom. The summed E-state index contributed by atoms with van der Waals surface area (Å²) in [5.74, 6) is -1.44. The summed E-state index contributed by atoms with van der Waals surface area (Å²) in [6.45, 7) is 5.21. The van der Waals surface area contributed by atoms with Gasteiger partial charge in [0, 0.05) is 19.2 Å². The quantitative estimate of drug-likeness (QED) is 0.248. The van der Waals surface area contributed by atoms with Gasteiger partial charge >= 0.3 is 18.0 Å². The summed E-state index contributed by atoms with van der Waals surface area (Å²) >= 11 is 0. The third-order valence-electron chi connectivity index (χ3n) is 6.69. The Bertz CT molecular complexity index is 1550. The Balaban J connectivity index is 1.46. The Morgan fingerprint density at radius 1 is 0.976 bits per heavy atom. The van der Waals surface area contributed by atoms with E-state index in [2.05, 4.69) is 20.6 Å². The van der Waals surface area contributed by atoms with Crippen LogP contribution in [0.4, 0.5) is 4.79 Å². The molecule has 1 saturated heterocycles. The fourth-order valence-electron chi connectivity index (χ4n) is 4.67. The van der Waals surface area contributed by atoms with Crippen LogP contribution in [0.15, 0.2) is 79.0 Å². The van der Waals surface area contributed by atoms with Gasteiger partial charge in [-0.1, -0.05) is 60.7 Å². The van der Waals surface area contributed by atoms with Gasteiger partial charge in [0.2, 0.25) is 5.65 Å². The van der Waals surface area contributed by atoms with Crippen molar-refractivity contribution >= 4 is 29.2 Å². The maximum Gasteiger partial charge on any atom is 0.410 e. The number of esters is 1.